The lowest BCUT2D eigenvalue weighted by atomic mass is 9.91. The lowest BCUT2D eigenvalue weighted by Gasteiger charge is -2.29. The third kappa shape index (κ3) is 2.58. The Morgan fingerprint density at radius 2 is 2.30 bits per heavy atom. The third-order valence-electron chi connectivity index (χ3n) is 4.42. The van der Waals surface area contributed by atoms with Crippen LogP contribution in [0.3, 0.4) is 0 Å². The van der Waals surface area contributed by atoms with E-state index in [9.17, 15) is 0 Å². The van der Waals surface area contributed by atoms with E-state index in [0.717, 1.165) is 31.0 Å². The van der Waals surface area contributed by atoms with Gasteiger partial charge in [0.2, 0.25) is 0 Å². The molecule has 0 saturated carbocycles. The number of likely N-dealkylation sites (N-methyl/N-ethyl adjacent to an activating group) is 1. The summed E-state index contributed by atoms with van der Waals surface area (Å²) >= 11 is 0. The maximum Gasteiger partial charge on any atom is 0.111 e. The van der Waals surface area contributed by atoms with Crippen molar-refractivity contribution < 1.29 is 4.74 Å². The Kier molecular flexibility index (Phi) is 4.03. The molecule has 4 heteroatoms. The molecule has 0 radical (unpaired) electrons. The molecule has 1 aromatic carbocycles. The van der Waals surface area contributed by atoms with Crippen LogP contribution in [0.4, 0.5) is 0 Å². The maximum atomic E-state index is 5.62. The van der Waals surface area contributed by atoms with Crippen LogP contribution in [0, 0.1) is 5.92 Å². The summed E-state index contributed by atoms with van der Waals surface area (Å²) in [7, 11) is 4.15. The van der Waals surface area contributed by atoms with E-state index < -0.39 is 0 Å². The zero-order valence-corrected chi connectivity index (χ0v) is 12.3. The molecule has 2 unspecified atom stereocenters. The molecular weight excluding hydrogens is 250 g/mol. The van der Waals surface area contributed by atoms with Gasteiger partial charge in [0, 0.05) is 26.1 Å². The first-order valence-corrected chi connectivity index (χ1v) is 7.45. The molecule has 4 nitrogen and oxygen atoms in total. The molecule has 1 aromatic heterocycles. The Morgan fingerprint density at radius 1 is 1.45 bits per heavy atom. The van der Waals surface area contributed by atoms with Crippen LogP contribution in [0.1, 0.15) is 18.7 Å². The molecule has 3 rings (SSSR count). The Bertz CT molecular complexity index is 572. The summed E-state index contributed by atoms with van der Waals surface area (Å²) in [6.07, 6.45) is 3.37. The molecule has 0 bridgehead atoms. The molecule has 2 heterocycles. The summed E-state index contributed by atoms with van der Waals surface area (Å²) in [4.78, 5) is 4.78. The van der Waals surface area contributed by atoms with Crippen molar-refractivity contribution in [2.45, 2.75) is 25.3 Å². The summed E-state index contributed by atoms with van der Waals surface area (Å²) in [5.74, 6) is 1.74. The second-order valence-electron chi connectivity index (χ2n) is 5.65. The molecular formula is C16H23N3O. The van der Waals surface area contributed by atoms with Crippen molar-refractivity contribution >= 4 is 11.0 Å². The Balaban J connectivity index is 1.81. The highest BCUT2D eigenvalue weighted by Crippen LogP contribution is 2.21. The van der Waals surface area contributed by atoms with Crippen LogP contribution in [-0.2, 0) is 18.2 Å². The Hall–Kier alpha value is -1.39. The molecule has 1 fully saturated rings. The van der Waals surface area contributed by atoms with Crippen LogP contribution < -0.4 is 5.32 Å². The number of hydrogen-bond acceptors (Lipinski definition) is 3. The van der Waals surface area contributed by atoms with E-state index in [0.29, 0.717) is 12.0 Å². The molecule has 0 amide bonds. The number of para-hydroxylation sites is 2. The van der Waals surface area contributed by atoms with E-state index in [2.05, 4.69) is 35.1 Å². The van der Waals surface area contributed by atoms with Crippen LogP contribution in [0.5, 0.6) is 0 Å². The van der Waals surface area contributed by atoms with Crippen molar-refractivity contribution in [2.75, 3.05) is 20.3 Å². The SMILES string of the molecule is CNC(Cc1nc2ccccc2n1C)C1CCCOC1. The van der Waals surface area contributed by atoms with Crippen molar-refractivity contribution in [3.05, 3.63) is 30.1 Å². The maximum absolute atomic E-state index is 5.62. The predicted octanol–water partition coefficient (Wildman–Crippen LogP) is 2.13. The summed E-state index contributed by atoms with van der Waals surface area (Å²) in [6.45, 7) is 1.79. The van der Waals surface area contributed by atoms with Crippen LogP contribution in [0.15, 0.2) is 24.3 Å². The molecule has 1 saturated heterocycles. The number of aromatic nitrogens is 2. The summed E-state index contributed by atoms with van der Waals surface area (Å²) in [5, 5.41) is 3.46. The topological polar surface area (TPSA) is 39.1 Å². The molecule has 108 valence electrons. The number of imidazole rings is 1. The van der Waals surface area contributed by atoms with Gasteiger partial charge in [-0.1, -0.05) is 12.1 Å². The van der Waals surface area contributed by atoms with Gasteiger partial charge in [-0.3, -0.25) is 0 Å². The lowest BCUT2D eigenvalue weighted by Crippen LogP contribution is -2.40. The van der Waals surface area contributed by atoms with E-state index in [1.807, 2.05) is 13.1 Å². The van der Waals surface area contributed by atoms with Crippen molar-refractivity contribution in [1.82, 2.24) is 14.9 Å². The first-order chi connectivity index (χ1) is 9.79. The summed E-state index contributed by atoms with van der Waals surface area (Å²) in [6, 6.07) is 8.76. The Labute approximate surface area is 120 Å². The zero-order valence-electron chi connectivity index (χ0n) is 12.3. The van der Waals surface area contributed by atoms with E-state index >= 15 is 0 Å². The van der Waals surface area contributed by atoms with Gasteiger partial charge in [-0.25, -0.2) is 4.98 Å². The molecule has 2 atom stereocenters. The molecule has 1 aliphatic heterocycles. The highest BCUT2D eigenvalue weighted by atomic mass is 16.5. The number of benzene rings is 1. The fourth-order valence-electron chi connectivity index (χ4n) is 3.16. The number of nitrogens with zero attached hydrogens (tertiary/aromatic N) is 2. The van der Waals surface area contributed by atoms with Crippen LogP contribution in [-0.4, -0.2) is 35.9 Å². The smallest absolute Gasteiger partial charge is 0.111 e. The van der Waals surface area contributed by atoms with Crippen LogP contribution in [0.2, 0.25) is 0 Å². The zero-order chi connectivity index (χ0) is 13.9. The van der Waals surface area contributed by atoms with Gasteiger partial charge in [0.15, 0.2) is 0 Å². The van der Waals surface area contributed by atoms with Crippen LogP contribution >= 0.6 is 0 Å². The van der Waals surface area contributed by atoms with Crippen molar-refractivity contribution in [3.63, 3.8) is 0 Å². The van der Waals surface area contributed by atoms with Crippen molar-refractivity contribution in [1.29, 1.82) is 0 Å². The summed E-state index contributed by atoms with van der Waals surface area (Å²) in [5.41, 5.74) is 2.29. The molecule has 0 spiro atoms. The van der Waals surface area contributed by atoms with Gasteiger partial charge in [0.1, 0.15) is 5.82 Å². The highest BCUT2D eigenvalue weighted by Gasteiger charge is 2.24. The predicted molar refractivity (Wildman–Crippen MR) is 80.8 cm³/mol. The lowest BCUT2D eigenvalue weighted by molar-refractivity contribution is 0.0401. The van der Waals surface area contributed by atoms with Gasteiger partial charge in [-0.2, -0.15) is 0 Å². The average molecular weight is 273 g/mol. The van der Waals surface area contributed by atoms with E-state index in [1.54, 1.807) is 0 Å². The quantitative estimate of drug-likeness (QED) is 0.927. The monoisotopic (exact) mass is 273 g/mol. The van der Waals surface area contributed by atoms with Gasteiger partial charge in [0.05, 0.1) is 17.6 Å². The minimum absolute atomic E-state index is 0.436. The number of rotatable bonds is 4. The molecule has 2 aromatic rings. The highest BCUT2D eigenvalue weighted by molar-refractivity contribution is 5.75. The van der Waals surface area contributed by atoms with Gasteiger partial charge < -0.3 is 14.6 Å². The minimum Gasteiger partial charge on any atom is -0.381 e. The van der Waals surface area contributed by atoms with Gasteiger partial charge in [-0.15, -0.1) is 0 Å². The van der Waals surface area contributed by atoms with E-state index in [4.69, 9.17) is 9.72 Å². The number of aryl methyl sites for hydroxylation is 1. The van der Waals surface area contributed by atoms with Gasteiger partial charge in [-0.05, 0) is 37.9 Å². The standard InChI is InChI=1S/C16H23N3O/c1-17-14(12-6-5-9-20-11-12)10-16-18-13-7-3-4-8-15(13)19(16)2/h3-4,7-8,12,14,17H,5-6,9-11H2,1-2H3. The Morgan fingerprint density at radius 3 is 3.00 bits per heavy atom. The first kappa shape index (κ1) is 13.6. The summed E-state index contributed by atoms with van der Waals surface area (Å²) < 4.78 is 7.84. The van der Waals surface area contributed by atoms with Crippen molar-refractivity contribution in [2.24, 2.45) is 13.0 Å². The average Bonchev–Trinajstić information content (AvgIpc) is 2.82. The molecule has 0 aliphatic carbocycles. The van der Waals surface area contributed by atoms with Crippen molar-refractivity contribution in [3.8, 4) is 0 Å². The molecule has 1 aliphatic rings. The van der Waals surface area contributed by atoms with Gasteiger partial charge >= 0.3 is 0 Å². The fraction of sp³-hybridized carbons (Fsp3) is 0.562. The number of nitrogens with one attached hydrogen (secondary N) is 1. The fourth-order valence-corrected chi connectivity index (χ4v) is 3.16. The first-order valence-electron chi connectivity index (χ1n) is 7.45. The normalized spacial score (nSPS) is 21.2. The largest absolute Gasteiger partial charge is 0.381 e. The van der Waals surface area contributed by atoms with E-state index in [-0.39, 0.29) is 0 Å². The second kappa shape index (κ2) is 5.94. The minimum atomic E-state index is 0.436. The number of hydrogen-bond donors (Lipinski definition) is 1. The van der Waals surface area contributed by atoms with E-state index in [1.165, 1.54) is 18.4 Å². The molecule has 20 heavy (non-hydrogen) atoms. The second-order valence-corrected chi connectivity index (χ2v) is 5.65. The number of fused-ring (bicyclic) bond motifs is 1. The molecule has 1 N–H and O–H groups in total. The van der Waals surface area contributed by atoms with Gasteiger partial charge in [0.25, 0.3) is 0 Å². The third-order valence-corrected chi connectivity index (χ3v) is 4.42. The van der Waals surface area contributed by atoms with Crippen LogP contribution in [0.25, 0.3) is 11.0 Å². The number of ether oxygens (including phenoxy) is 1.